The summed E-state index contributed by atoms with van der Waals surface area (Å²) in [6, 6.07) is 0. The van der Waals surface area contributed by atoms with E-state index in [1.165, 1.54) is 16.7 Å². The van der Waals surface area contributed by atoms with Crippen molar-refractivity contribution in [2.24, 2.45) is 61.6 Å². The van der Waals surface area contributed by atoms with E-state index in [0.29, 0.717) is 24.2 Å². The Kier molecular flexibility index (Phi) is 9.11. The van der Waals surface area contributed by atoms with E-state index in [-0.39, 0.29) is 33.7 Å². The quantitative estimate of drug-likeness (QED) is 0.118. The number of carboxylic acids is 2. The first-order valence-corrected chi connectivity index (χ1v) is 22.2. The molecule has 16 atom stereocenters. The Morgan fingerprint density at radius 1 is 0.912 bits per heavy atom. The lowest BCUT2D eigenvalue weighted by atomic mass is 9.27. The van der Waals surface area contributed by atoms with Crippen LogP contribution in [0.5, 0.6) is 0 Å². The monoisotopic (exact) mass is 789 g/mol. The predicted octanol–water partition coefficient (Wildman–Crippen LogP) is 7.21. The molecule has 6 N–H and O–H groups in total. The van der Waals surface area contributed by atoms with Crippen molar-refractivity contribution < 1.29 is 44.6 Å². The first-order valence-electron chi connectivity index (χ1n) is 22.2. The van der Waals surface area contributed by atoms with E-state index in [4.69, 9.17) is 9.47 Å². The van der Waals surface area contributed by atoms with Crippen LogP contribution in [0, 0.1) is 61.6 Å². The van der Waals surface area contributed by atoms with Crippen LogP contribution < -0.4 is 0 Å². The molecule has 1 aromatic rings. The molecule has 6 fully saturated rings. The number of aromatic amines is 1. The highest BCUT2D eigenvalue weighted by Crippen LogP contribution is 2.82. The normalized spacial score (nSPS) is 50.5. The molecule has 7 aliphatic carbocycles. The highest BCUT2D eigenvalue weighted by molar-refractivity contribution is 5.79. The molecule has 1 saturated heterocycles. The van der Waals surface area contributed by atoms with Crippen LogP contribution in [0.25, 0.3) is 0 Å². The average Bonchev–Trinajstić information content (AvgIpc) is 3.62. The van der Waals surface area contributed by atoms with Crippen molar-refractivity contribution >= 4 is 11.9 Å². The van der Waals surface area contributed by atoms with E-state index < -0.39 is 58.9 Å². The van der Waals surface area contributed by atoms with E-state index in [9.17, 15) is 35.1 Å². The fourth-order valence-electron chi connectivity index (χ4n) is 16.4. The molecule has 10 nitrogen and oxygen atoms in total. The number of ether oxygens (including phenoxy) is 2. The summed E-state index contributed by atoms with van der Waals surface area (Å²) in [4.78, 5) is 29.1. The molecule has 57 heavy (non-hydrogen) atoms. The Morgan fingerprint density at radius 3 is 2.37 bits per heavy atom. The maximum atomic E-state index is 13.7. The van der Waals surface area contributed by atoms with Crippen molar-refractivity contribution in [3.8, 4) is 0 Å². The molecule has 1 spiro atoms. The van der Waals surface area contributed by atoms with Crippen LogP contribution >= 0.6 is 0 Å². The van der Waals surface area contributed by atoms with Gasteiger partial charge in [-0.2, -0.15) is 0 Å². The number of carbonyl (C=O) groups is 2. The minimum atomic E-state index is -1.77. The van der Waals surface area contributed by atoms with Gasteiger partial charge in [0.25, 0.3) is 0 Å². The van der Waals surface area contributed by atoms with Gasteiger partial charge in [-0.3, -0.25) is 4.79 Å². The molecular formula is C47H67NO9. The third-order valence-electron chi connectivity index (χ3n) is 19.3. The number of aliphatic carboxylic acids is 2. The lowest BCUT2D eigenvalue weighted by Crippen LogP contribution is -2.72. The second-order valence-corrected chi connectivity index (χ2v) is 21.7. The molecule has 314 valence electrons. The van der Waals surface area contributed by atoms with E-state index in [1.54, 1.807) is 0 Å². The van der Waals surface area contributed by atoms with Crippen molar-refractivity contribution in [3.63, 3.8) is 0 Å². The number of nitrogens with one attached hydrogen (secondary N) is 1. The van der Waals surface area contributed by atoms with E-state index in [0.717, 1.165) is 83.5 Å². The number of hydrogen-bond acceptors (Lipinski definition) is 7. The standard InChI is InChI=1S/C47H67NO9/c1-7-26-23-48-24-28(26)11-16-47-29-10-9-27-21-31-43(5,18-20-45(40(54)55)19-17-42(4)13-8-14-46(31,45)25-42)44(6,37(27)47)15-12-30(47)41(2,3)32(22-29)56-39-35(51)33(49)34(50)36(57-39)38(52)53/h8,14,21,23-24,27,29-30,32-37,39,48-51H,7,9-13,15-20,22,25H2,1-6H3,(H,52,53)(H,54,55)/t27-,29+,30+,32+,33+,34+,35-,36+,37+,39-,42+,43-,44-,45-,46+,47+/m1/s1. The maximum absolute atomic E-state index is 13.7. The zero-order chi connectivity index (χ0) is 40.7. The molecule has 1 aromatic heterocycles. The van der Waals surface area contributed by atoms with Gasteiger partial charge in [0.2, 0.25) is 0 Å². The van der Waals surface area contributed by atoms with Gasteiger partial charge < -0.3 is 40.0 Å². The van der Waals surface area contributed by atoms with Gasteiger partial charge in [0, 0.05) is 17.8 Å². The number of fused-ring (bicyclic) bond motifs is 3. The summed E-state index contributed by atoms with van der Waals surface area (Å²) in [7, 11) is 0. The van der Waals surface area contributed by atoms with Gasteiger partial charge in [0.05, 0.1) is 11.5 Å². The summed E-state index contributed by atoms with van der Waals surface area (Å²) in [6.45, 7) is 14.3. The number of H-pyrrole nitrogens is 1. The number of aliphatic hydroxyl groups is 3. The Labute approximate surface area is 337 Å². The topological polar surface area (TPSA) is 170 Å². The molecule has 8 aliphatic rings. The number of allylic oxidation sites excluding steroid dienone is 4. The molecule has 2 bridgehead atoms. The largest absolute Gasteiger partial charge is 0.481 e. The van der Waals surface area contributed by atoms with E-state index in [2.05, 4.69) is 77.1 Å². The average molecular weight is 790 g/mol. The van der Waals surface area contributed by atoms with Crippen molar-refractivity contribution in [2.45, 2.75) is 168 Å². The first-order chi connectivity index (χ1) is 26.8. The van der Waals surface area contributed by atoms with Gasteiger partial charge in [-0.1, -0.05) is 65.3 Å². The van der Waals surface area contributed by atoms with Crippen LogP contribution in [0.3, 0.4) is 0 Å². The molecule has 5 saturated carbocycles. The fourth-order valence-corrected chi connectivity index (χ4v) is 16.4. The van der Waals surface area contributed by atoms with Crippen LogP contribution in [0.4, 0.5) is 0 Å². The Morgan fingerprint density at radius 2 is 1.65 bits per heavy atom. The van der Waals surface area contributed by atoms with Gasteiger partial charge in [0.15, 0.2) is 12.4 Å². The molecule has 0 radical (unpaired) electrons. The van der Waals surface area contributed by atoms with Gasteiger partial charge in [0.1, 0.15) is 18.3 Å². The molecular weight excluding hydrogens is 723 g/mol. The van der Waals surface area contributed by atoms with Crippen LogP contribution in [0.15, 0.2) is 36.2 Å². The van der Waals surface area contributed by atoms with Gasteiger partial charge in [-0.25, -0.2) is 4.79 Å². The minimum absolute atomic E-state index is 0.0551. The second-order valence-electron chi connectivity index (χ2n) is 21.7. The summed E-state index contributed by atoms with van der Waals surface area (Å²) in [5.41, 5.74) is 2.33. The summed E-state index contributed by atoms with van der Waals surface area (Å²) in [5.74, 6) is -0.785. The van der Waals surface area contributed by atoms with Gasteiger partial charge in [-0.05, 0) is 152 Å². The highest BCUT2D eigenvalue weighted by Gasteiger charge is 2.77. The van der Waals surface area contributed by atoms with Crippen LogP contribution in [-0.2, 0) is 31.9 Å². The molecule has 10 heteroatoms. The number of aliphatic hydroxyl groups excluding tert-OH is 3. The molecule has 2 heterocycles. The van der Waals surface area contributed by atoms with Crippen LogP contribution in [0.2, 0.25) is 0 Å². The Hall–Kier alpha value is -2.50. The van der Waals surface area contributed by atoms with Gasteiger partial charge in [-0.15, -0.1) is 0 Å². The molecule has 1 aliphatic heterocycles. The molecule has 0 unspecified atom stereocenters. The Bertz CT molecular complexity index is 1870. The first kappa shape index (κ1) is 39.9. The lowest BCUT2D eigenvalue weighted by molar-refractivity contribution is -0.334. The SMILES string of the molecule is CCc1c[nH]cc1CC[C@]12[C@H]3CC[C@@H]4C=C5[C@@]67C=CC[C@@](C)(CC[C@]6(C(=O)O)CC[C@@]5(C)[C@](C)(CC[C@H]1C(C)(C)[C@@H](O[C@@H]1O[C@H](C(=O)O)[C@@H](O)[C@H](O)[C@H]1O)C3)[C@H]42)C7. The summed E-state index contributed by atoms with van der Waals surface area (Å²) in [5, 5.41) is 53.3. The fraction of sp³-hybridized carbons (Fsp3) is 0.787. The zero-order valence-corrected chi connectivity index (χ0v) is 34.9. The predicted molar refractivity (Wildman–Crippen MR) is 213 cm³/mol. The molecule has 9 rings (SSSR count). The van der Waals surface area contributed by atoms with Gasteiger partial charge >= 0.3 is 11.9 Å². The number of rotatable bonds is 8. The van der Waals surface area contributed by atoms with Crippen molar-refractivity contribution in [2.75, 3.05) is 0 Å². The zero-order valence-electron chi connectivity index (χ0n) is 34.9. The van der Waals surface area contributed by atoms with E-state index in [1.807, 2.05) is 0 Å². The summed E-state index contributed by atoms with van der Waals surface area (Å²) >= 11 is 0. The van der Waals surface area contributed by atoms with Crippen LogP contribution in [-0.4, -0.2) is 79.3 Å². The number of aromatic nitrogens is 1. The summed E-state index contributed by atoms with van der Waals surface area (Å²) in [6.07, 6.45) is 16.1. The smallest absolute Gasteiger partial charge is 0.335 e. The minimum Gasteiger partial charge on any atom is -0.481 e. The number of aryl methyl sites for hydroxylation is 2. The maximum Gasteiger partial charge on any atom is 0.335 e. The molecule has 0 aromatic carbocycles. The molecule has 0 amide bonds. The highest BCUT2D eigenvalue weighted by atomic mass is 16.7. The number of carboxylic acid groups (broad SMARTS) is 2. The number of hydrogen-bond donors (Lipinski definition) is 6. The van der Waals surface area contributed by atoms with Crippen LogP contribution in [0.1, 0.15) is 130 Å². The third-order valence-corrected chi connectivity index (χ3v) is 19.3. The summed E-state index contributed by atoms with van der Waals surface area (Å²) < 4.78 is 12.5. The Balaban J connectivity index is 1.16. The van der Waals surface area contributed by atoms with E-state index >= 15 is 0 Å². The van der Waals surface area contributed by atoms with Crippen molar-refractivity contribution in [1.29, 1.82) is 0 Å². The third kappa shape index (κ3) is 5.12. The van der Waals surface area contributed by atoms with Crippen molar-refractivity contribution in [3.05, 3.63) is 47.3 Å². The second kappa shape index (κ2) is 13.0. The van der Waals surface area contributed by atoms with Crippen molar-refractivity contribution in [1.82, 2.24) is 4.98 Å². The lowest BCUT2D eigenvalue weighted by Gasteiger charge is -2.77.